The third kappa shape index (κ3) is 3.53. The van der Waals surface area contributed by atoms with E-state index in [0.29, 0.717) is 10.9 Å². The summed E-state index contributed by atoms with van der Waals surface area (Å²) in [5.41, 5.74) is 3.82. The van der Waals surface area contributed by atoms with E-state index in [-0.39, 0.29) is 17.6 Å². The van der Waals surface area contributed by atoms with Crippen LogP contribution in [0.4, 0.5) is 15.9 Å². The first-order valence-electron chi connectivity index (χ1n) is 10.5. The Balaban J connectivity index is 1.34. The summed E-state index contributed by atoms with van der Waals surface area (Å²) in [6.07, 6.45) is 3.01. The molecule has 1 saturated heterocycles. The van der Waals surface area contributed by atoms with Crippen molar-refractivity contribution in [3.05, 3.63) is 59.7 Å². The minimum absolute atomic E-state index is 0.0339. The molecule has 1 fully saturated rings. The van der Waals surface area contributed by atoms with Crippen LogP contribution in [0.5, 0.6) is 0 Å². The van der Waals surface area contributed by atoms with Crippen LogP contribution in [0.2, 0.25) is 0 Å². The Morgan fingerprint density at radius 3 is 2.71 bits per heavy atom. The summed E-state index contributed by atoms with van der Waals surface area (Å²) in [6, 6.07) is 11.1. The lowest BCUT2D eigenvalue weighted by atomic mass is 9.95. The number of carbonyl (C=O) groups is 1. The van der Waals surface area contributed by atoms with Gasteiger partial charge in [0.1, 0.15) is 18.0 Å². The number of fused-ring (bicyclic) bond motifs is 3. The maximum Gasteiger partial charge on any atom is 0.227 e. The molecule has 3 heterocycles. The molecule has 0 spiro atoms. The van der Waals surface area contributed by atoms with Crippen molar-refractivity contribution in [3.63, 3.8) is 0 Å². The predicted octanol–water partition coefficient (Wildman–Crippen LogP) is 5.46. The Bertz CT molecular complexity index is 1290. The van der Waals surface area contributed by atoms with Gasteiger partial charge in [-0.25, -0.2) is 14.4 Å². The SMILES string of the molecule is Cc1cccc(NC(=O)C2CCN(c3ncnc4c3sc3cccc(F)c34)CC2)c1C. The van der Waals surface area contributed by atoms with Crippen LogP contribution in [-0.4, -0.2) is 29.0 Å². The van der Waals surface area contributed by atoms with Crippen LogP contribution in [0.15, 0.2) is 42.7 Å². The van der Waals surface area contributed by atoms with E-state index >= 15 is 0 Å². The molecule has 2 aromatic carbocycles. The zero-order chi connectivity index (χ0) is 21.5. The molecule has 5 nitrogen and oxygen atoms in total. The highest BCUT2D eigenvalue weighted by Crippen LogP contribution is 2.39. The van der Waals surface area contributed by atoms with Crippen LogP contribution in [0.25, 0.3) is 20.3 Å². The molecule has 0 saturated carbocycles. The van der Waals surface area contributed by atoms with Gasteiger partial charge in [0, 0.05) is 29.4 Å². The molecule has 4 aromatic rings. The van der Waals surface area contributed by atoms with E-state index in [4.69, 9.17) is 0 Å². The summed E-state index contributed by atoms with van der Waals surface area (Å²) in [7, 11) is 0. The van der Waals surface area contributed by atoms with Crippen LogP contribution < -0.4 is 10.2 Å². The standard InChI is InChI=1S/C24H23FN4OS/c1-14-5-3-7-18(15(14)2)28-24(30)16-9-11-29(12-10-16)23-22-21(26-13-27-23)20-17(25)6-4-8-19(20)31-22/h3-8,13,16H,9-12H2,1-2H3,(H,28,30). The quantitative estimate of drug-likeness (QED) is 0.465. The normalized spacial score (nSPS) is 15.0. The maximum atomic E-state index is 14.4. The van der Waals surface area contributed by atoms with Gasteiger partial charge in [-0.05, 0) is 56.0 Å². The molecule has 1 amide bonds. The largest absolute Gasteiger partial charge is 0.355 e. The zero-order valence-corrected chi connectivity index (χ0v) is 18.3. The molecule has 1 N–H and O–H groups in total. The Kier molecular flexibility index (Phi) is 5.06. The van der Waals surface area contributed by atoms with E-state index in [9.17, 15) is 9.18 Å². The zero-order valence-electron chi connectivity index (χ0n) is 17.5. The van der Waals surface area contributed by atoms with Crippen molar-refractivity contribution in [2.24, 2.45) is 5.92 Å². The number of aryl methyl sites for hydroxylation is 1. The van der Waals surface area contributed by atoms with Crippen LogP contribution in [0, 0.1) is 25.6 Å². The number of hydrogen-bond donors (Lipinski definition) is 1. The fourth-order valence-corrected chi connectivity index (χ4v) is 5.45. The smallest absolute Gasteiger partial charge is 0.227 e. The number of rotatable bonds is 3. The van der Waals surface area contributed by atoms with Gasteiger partial charge in [-0.3, -0.25) is 4.79 Å². The van der Waals surface area contributed by atoms with Gasteiger partial charge in [0.05, 0.1) is 15.6 Å². The second kappa shape index (κ2) is 7.89. The van der Waals surface area contributed by atoms with Gasteiger partial charge >= 0.3 is 0 Å². The average molecular weight is 435 g/mol. The number of nitrogens with one attached hydrogen (secondary N) is 1. The third-order valence-corrected chi connectivity index (χ3v) is 7.38. The molecule has 0 radical (unpaired) electrons. The van der Waals surface area contributed by atoms with Gasteiger partial charge in [0.15, 0.2) is 0 Å². The molecule has 0 unspecified atom stereocenters. The minimum atomic E-state index is -0.254. The van der Waals surface area contributed by atoms with E-state index in [1.54, 1.807) is 6.07 Å². The van der Waals surface area contributed by atoms with E-state index in [2.05, 4.69) is 20.2 Å². The summed E-state index contributed by atoms with van der Waals surface area (Å²) in [5.74, 6) is 0.618. The van der Waals surface area contributed by atoms with Crippen LogP contribution in [0.1, 0.15) is 24.0 Å². The summed E-state index contributed by atoms with van der Waals surface area (Å²) in [6.45, 7) is 5.54. The molecular weight excluding hydrogens is 411 g/mol. The second-order valence-electron chi connectivity index (χ2n) is 8.09. The van der Waals surface area contributed by atoms with Crippen molar-refractivity contribution in [2.45, 2.75) is 26.7 Å². The summed E-state index contributed by atoms with van der Waals surface area (Å²) < 4.78 is 16.2. The fraction of sp³-hybridized carbons (Fsp3) is 0.292. The van der Waals surface area contributed by atoms with Crippen molar-refractivity contribution >= 4 is 49.1 Å². The molecular formula is C24H23FN4OS. The molecule has 1 aliphatic rings. The number of anilines is 2. The highest BCUT2D eigenvalue weighted by Gasteiger charge is 2.27. The first-order chi connectivity index (χ1) is 15.0. The number of halogens is 1. The molecule has 31 heavy (non-hydrogen) atoms. The van der Waals surface area contributed by atoms with Crippen molar-refractivity contribution in [1.29, 1.82) is 0 Å². The lowest BCUT2D eigenvalue weighted by Gasteiger charge is -2.32. The number of hydrogen-bond acceptors (Lipinski definition) is 5. The Hall–Kier alpha value is -3.06. The van der Waals surface area contributed by atoms with Crippen LogP contribution in [0.3, 0.4) is 0 Å². The fourth-order valence-electron chi connectivity index (χ4n) is 4.27. The van der Waals surface area contributed by atoms with Gasteiger partial charge in [-0.1, -0.05) is 18.2 Å². The molecule has 7 heteroatoms. The van der Waals surface area contributed by atoms with E-state index in [1.807, 2.05) is 38.1 Å². The molecule has 5 rings (SSSR count). The molecule has 1 aliphatic heterocycles. The van der Waals surface area contributed by atoms with Gasteiger partial charge < -0.3 is 10.2 Å². The van der Waals surface area contributed by atoms with Crippen molar-refractivity contribution in [1.82, 2.24) is 9.97 Å². The van der Waals surface area contributed by atoms with Crippen LogP contribution >= 0.6 is 11.3 Å². The topological polar surface area (TPSA) is 58.1 Å². The van der Waals surface area contributed by atoms with Crippen molar-refractivity contribution < 1.29 is 9.18 Å². The lowest BCUT2D eigenvalue weighted by Crippen LogP contribution is -2.38. The van der Waals surface area contributed by atoms with Gasteiger partial charge in [0.25, 0.3) is 0 Å². The summed E-state index contributed by atoms with van der Waals surface area (Å²) >= 11 is 1.52. The number of benzene rings is 2. The minimum Gasteiger partial charge on any atom is -0.355 e. The number of thiophene rings is 1. The van der Waals surface area contributed by atoms with Gasteiger partial charge in [0.2, 0.25) is 5.91 Å². The van der Waals surface area contributed by atoms with E-state index in [1.165, 1.54) is 29.3 Å². The van der Waals surface area contributed by atoms with Gasteiger partial charge in [-0.15, -0.1) is 11.3 Å². The Morgan fingerprint density at radius 2 is 1.90 bits per heavy atom. The number of nitrogens with zero attached hydrogens (tertiary/aromatic N) is 3. The lowest BCUT2D eigenvalue weighted by molar-refractivity contribution is -0.120. The highest BCUT2D eigenvalue weighted by molar-refractivity contribution is 7.26. The Labute approximate surface area is 183 Å². The first-order valence-corrected chi connectivity index (χ1v) is 11.3. The monoisotopic (exact) mass is 434 g/mol. The van der Waals surface area contributed by atoms with Gasteiger partial charge in [-0.2, -0.15) is 0 Å². The molecule has 0 atom stereocenters. The van der Waals surface area contributed by atoms with E-state index < -0.39 is 0 Å². The molecule has 0 aliphatic carbocycles. The van der Waals surface area contributed by atoms with Crippen molar-refractivity contribution in [2.75, 3.05) is 23.3 Å². The number of amides is 1. The van der Waals surface area contributed by atoms with Crippen molar-refractivity contribution in [3.8, 4) is 0 Å². The summed E-state index contributed by atoms with van der Waals surface area (Å²) in [4.78, 5) is 23.9. The summed E-state index contributed by atoms with van der Waals surface area (Å²) in [5, 5.41) is 3.67. The van der Waals surface area contributed by atoms with Crippen LogP contribution in [-0.2, 0) is 4.79 Å². The predicted molar refractivity (Wildman–Crippen MR) is 124 cm³/mol. The van der Waals surface area contributed by atoms with E-state index in [0.717, 1.165) is 52.4 Å². The molecule has 0 bridgehead atoms. The average Bonchev–Trinajstić information content (AvgIpc) is 3.17. The Morgan fingerprint density at radius 1 is 1.13 bits per heavy atom. The number of aromatic nitrogens is 2. The number of carbonyl (C=O) groups excluding carboxylic acids is 1. The molecule has 2 aromatic heterocycles. The first kappa shape index (κ1) is 19.9. The maximum absolute atomic E-state index is 14.4. The third-order valence-electron chi connectivity index (χ3n) is 6.24. The number of piperidine rings is 1. The molecule has 158 valence electrons. The highest BCUT2D eigenvalue weighted by atomic mass is 32.1. The second-order valence-corrected chi connectivity index (χ2v) is 9.14.